The van der Waals surface area contributed by atoms with E-state index >= 15 is 0 Å². The monoisotopic (exact) mass is 761 g/mol. The van der Waals surface area contributed by atoms with E-state index in [1.807, 2.05) is 66.0 Å². The topological polar surface area (TPSA) is 129 Å². The van der Waals surface area contributed by atoms with Gasteiger partial charge in [-0.15, -0.1) is 22.7 Å². The molecule has 2 atom stereocenters. The average Bonchev–Trinajstić information content (AvgIpc) is 3.88. The Labute approximate surface area is 320 Å². The van der Waals surface area contributed by atoms with E-state index in [0.717, 1.165) is 39.8 Å². The maximum atomic E-state index is 14.2. The molecule has 0 unspecified atom stereocenters. The standard InChI is InChI=1S/C39H51N7O5S2/c1-29(2)37-42-33(27-52-37)25-44(3)38(48)43-35(15-16-45-18-20-50-21-19-45)36(47)41-32(22-30-10-6-4-7-11-30)14-17-46(24-31-12-8-5-9-13-31)39(49)51-26-34-23-40-28-53-34/h4-13,23,27-29,32,35H,14-22,24-26H2,1-3H3,(H,41,47)(H,43,48)/t32-,35-/m0/s1. The fourth-order valence-corrected chi connectivity index (χ4v) is 7.29. The van der Waals surface area contributed by atoms with Crippen LogP contribution in [0, 0.1) is 0 Å². The quantitative estimate of drug-likeness (QED) is 0.128. The van der Waals surface area contributed by atoms with Crippen molar-refractivity contribution in [3.05, 3.63) is 104 Å². The maximum Gasteiger partial charge on any atom is 0.410 e. The summed E-state index contributed by atoms with van der Waals surface area (Å²) in [5.41, 5.74) is 4.55. The molecule has 0 saturated carbocycles. The van der Waals surface area contributed by atoms with Gasteiger partial charge in [-0.2, -0.15) is 0 Å². The van der Waals surface area contributed by atoms with Crippen LogP contribution in [0.1, 0.15) is 59.3 Å². The molecule has 12 nitrogen and oxygen atoms in total. The number of hydrogen-bond donors (Lipinski definition) is 2. The molecule has 0 spiro atoms. The van der Waals surface area contributed by atoms with Gasteiger partial charge in [0, 0.05) is 63.3 Å². The Kier molecular flexibility index (Phi) is 15.6. The first-order valence-electron chi connectivity index (χ1n) is 18.2. The predicted octanol–water partition coefficient (Wildman–Crippen LogP) is 5.91. The summed E-state index contributed by atoms with van der Waals surface area (Å²) >= 11 is 3.02. The van der Waals surface area contributed by atoms with Crippen LogP contribution in [0.3, 0.4) is 0 Å². The third-order valence-corrected chi connectivity index (χ3v) is 10.9. The van der Waals surface area contributed by atoms with Crippen LogP contribution < -0.4 is 10.6 Å². The van der Waals surface area contributed by atoms with E-state index in [1.54, 1.807) is 39.9 Å². The number of benzene rings is 2. The summed E-state index contributed by atoms with van der Waals surface area (Å²) in [5, 5.41) is 9.29. The van der Waals surface area contributed by atoms with Gasteiger partial charge in [-0.05, 0) is 30.4 Å². The Balaban J connectivity index is 1.29. The highest BCUT2D eigenvalue weighted by molar-refractivity contribution is 7.09. The molecule has 1 aliphatic rings. The van der Waals surface area contributed by atoms with E-state index in [9.17, 15) is 14.4 Å². The second kappa shape index (κ2) is 20.8. The Morgan fingerprint density at radius 1 is 0.943 bits per heavy atom. The molecule has 1 saturated heterocycles. The van der Waals surface area contributed by atoms with Crippen LogP contribution in [0.15, 0.2) is 77.8 Å². The highest BCUT2D eigenvalue weighted by Crippen LogP contribution is 2.20. The number of aromatic nitrogens is 2. The fraction of sp³-hybridized carbons (Fsp3) is 0.462. The lowest BCUT2D eigenvalue weighted by Crippen LogP contribution is -2.54. The average molecular weight is 762 g/mol. The molecule has 4 aromatic rings. The molecule has 2 aromatic heterocycles. The van der Waals surface area contributed by atoms with E-state index in [0.29, 0.717) is 64.6 Å². The smallest absolute Gasteiger partial charge is 0.410 e. The number of carbonyl (C=O) groups excluding carboxylic acids is 3. The molecule has 2 N–H and O–H groups in total. The Hall–Kier alpha value is -4.37. The molecular formula is C39H51N7O5S2. The van der Waals surface area contributed by atoms with E-state index < -0.39 is 12.1 Å². The minimum atomic E-state index is -0.780. The minimum absolute atomic E-state index is 0.138. The largest absolute Gasteiger partial charge is 0.444 e. The van der Waals surface area contributed by atoms with Crippen molar-refractivity contribution in [2.75, 3.05) is 46.4 Å². The Morgan fingerprint density at radius 2 is 1.66 bits per heavy atom. The Morgan fingerprint density at radius 3 is 2.32 bits per heavy atom. The number of ether oxygens (including phenoxy) is 2. The number of morpholine rings is 1. The number of amides is 4. The molecule has 0 aliphatic carbocycles. The first-order chi connectivity index (χ1) is 25.7. The normalized spacial score (nSPS) is 14.3. The van der Waals surface area contributed by atoms with Gasteiger partial charge < -0.3 is 29.9 Å². The molecular weight excluding hydrogens is 711 g/mol. The summed E-state index contributed by atoms with van der Waals surface area (Å²) in [7, 11) is 1.72. The maximum absolute atomic E-state index is 14.2. The number of carbonyl (C=O) groups is 3. The van der Waals surface area contributed by atoms with Crippen LogP contribution in [-0.2, 0) is 40.4 Å². The summed E-state index contributed by atoms with van der Waals surface area (Å²) in [6.07, 6.45) is 2.70. The molecule has 1 aliphatic heterocycles. The zero-order chi connectivity index (χ0) is 37.4. The van der Waals surface area contributed by atoms with Crippen molar-refractivity contribution in [2.24, 2.45) is 0 Å². The number of hydrogen-bond acceptors (Lipinski definition) is 10. The van der Waals surface area contributed by atoms with Gasteiger partial charge in [-0.3, -0.25) is 14.7 Å². The van der Waals surface area contributed by atoms with Crippen LogP contribution in [0.25, 0.3) is 0 Å². The number of nitrogens with one attached hydrogen (secondary N) is 2. The summed E-state index contributed by atoms with van der Waals surface area (Å²) in [6.45, 7) is 8.83. The highest BCUT2D eigenvalue weighted by Gasteiger charge is 2.27. The van der Waals surface area contributed by atoms with E-state index in [2.05, 4.69) is 39.3 Å². The van der Waals surface area contributed by atoms with Gasteiger partial charge in [0.15, 0.2) is 0 Å². The number of thiazole rings is 2. The SMILES string of the molecule is CC(C)c1nc(CN(C)C(=O)N[C@@H](CCN2CCOCC2)C(=O)N[C@@H](CCN(Cc2ccccc2)C(=O)OCc2cncs2)Cc2ccccc2)cs1. The van der Waals surface area contributed by atoms with Gasteiger partial charge in [-0.25, -0.2) is 14.6 Å². The van der Waals surface area contributed by atoms with Crippen LogP contribution in [0.4, 0.5) is 9.59 Å². The first-order valence-corrected chi connectivity index (χ1v) is 19.9. The molecule has 14 heteroatoms. The van der Waals surface area contributed by atoms with Crippen molar-refractivity contribution in [3.63, 3.8) is 0 Å². The number of rotatable bonds is 18. The van der Waals surface area contributed by atoms with Gasteiger partial charge >= 0.3 is 12.1 Å². The molecule has 284 valence electrons. The van der Waals surface area contributed by atoms with Crippen LogP contribution in [0.2, 0.25) is 0 Å². The molecule has 53 heavy (non-hydrogen) atoms. The van der Waals surface area contributed by atoms with Gasteiger partial charge in [-0.1, -0.05) is 74.5 Å². The minimum Gasteiger partial charge on any atom is -0.444 e. The van der Waals surface area contributed by atoms with Crippen LogP contribution in [0.5, 0.6) is 0 Å². The zero-order valence-corrected chi connectivity index (χ0v) is 32.4. The first kappa shape index (κ1) is 39.8. The fourth-order valence-electron chi connectivity index (χ4n) is 5.95. The van der Waals surface area contributed by atoms with Gasteiger partial charge in [0.25, 0.3) is 0 Å². The summed E-state index contributed by atoms with van der Waals surface area (Å²) in [4.78, 5) is 56.3. The molecule has 3 heterocycles. The molecule has 0 bridgehead atoms. The predicted molar refractivity (Wildman–Crippen MR) is 208 cm³/mol. The van der Waals surface area contributed by atoms with Crippen molar-refractivity contribution in [1.82, 2.24) is 35.3 Å². The summed E-state index contributed by atoms with van der Waals surface area (Å²) < 4.78 is 11.2. The van der Waals surface area contributed by atoms with E-state index in [4.69, 9.17) is 9.47 Å². The lowest BCUT2D eigenvalue weighted by molar-refractivity contribution is -0.124. The van der Waals surface area contributed by atoms with Gasteiger partial charge in [0.2, 0.25) is 5.91 Å². The lowest BCUT2D eigenvalue weighted by Gasteiger charge is -2.30. The molecule has 0 radical (unpaired) electrons. The molecule has 5 rings (SSSR count). The Bertz CT molecular complexity index is 1680. The molecule has 2 aromatic carbocycles. The van der Waals surface area contributed by atoms with Crippen LogP contribution in [-0.4, -0.2) is 101 Å². The van der Waals surface area contributed by atoms with Crippen molar-refractivity contribution < 1.29 is 23.9 Å². The van der Waals surface area contributed by atoms with Crippen molar-refractivity contribution in [2.45, 2.75) is 70.8 Å². The summed E-state index contributed by atoms with van der Waals surface area (Å²) in [6, 6.07) is 18.3. The van der Waals surface area contributed by atoms with Crippen molar-refractivity contribution in [1.29, 1.82) is 0 Å². The van der Waals surface area contributed by atoms with E-state index in [1.165, 1.54) is 11.3 Å². The third kappa shape index (κ3) is 13.2. The number of urea groups is 1. The third-order valence-electron chi connectivity index (χ3n) is 8.98. The van der Waals surface area contributed by atoms with Gasteiger partial charge in [0.1, 0.15) is 12.6 Å². The number of nitrogens with zero attached hydrogens (tertiary/aromatic N) is 5. The van der Waals surface area contributed by atoms with Crippen molar-refractivity contribution in [3.8, 4) is 0 Å². The highest BCUT2D eigenvalue weighted by atomic mass is 32.1. The summed E-state index contributed by atoms with van der Waals surface area (Å²) in [5.74, 6) is 0.0453. The second-order valence-electron chi connectivity index (χ2n) is 13.5. The zero-order valence-electron chi connectivity index (χ0n) is 30.8. The lowest BCUT2D eigenvalue weighted by atomic mass is 10.0. The molecule has 1 fully saturated rings. The van der Waals surface area contributed by atoms with Gasteiger partial charge in [0.05, 0.1) is 40.8 Å². The van der Waals surface area contributed by atoms with Crippen molar-refractivity contribution >= 4 is 40.7 Å². The molecule has 4 amide bonds. The van der Waals surface area contributed by atoms with Crippen LogP contribution >= 0.6 is 22.7 Å². The second-order valence-corrected chi connectivity index (χ2v) is 15.4. The van der Waals surface area contributed by atoms with E-state index in [-0.39, 0.29) is 24.6 Å².